The maximum atomic E-state index is 11.4. The predicted octanol–water partition coefficient (Wildman–Crippen LogP) is 2.56. The molecule has 1 aliphatic rings. The number of aromatic amines is 1. The fourth-order valence-corrected chi connectivity index (χ4v) is 4.07. The van der Waals surface area contributed by atoms with Crippen LogP contribution in [0, 0.1) is 28.6 Å². The van der Waals surface area contributed by atoms with E-state index in [9.17, 15) is 10.1 Å². The molecule has 5 nitrogen and oxygen atoms in total. The largest absolute Gasteiger partial charge is 0.343 e. The van der Waals surface area contributed by atoms with Crippen LogP contribution in [0.25, 0.3) is 0 Å². The van der Waals surface area contributed by atoms with Gasteiger partial charge in [0, 0.05) is 12.3 Å². The second kappa shape index (κ2) is 5.65. The third kappa shape index (κ3) is 3.09. The van der Waals surface area contributed by atoms with Crippen LogP contribution in [0.1, 0.15) is 40.0 Å². The number of hydrogen-bond donors (Lipinski definition) is 1. The Morgan fingerprint density at radius 1 is 1.45 bits per heavy atom. The molecule has 3 atom stereocenters. The zero-order valence-electron chi connectivity index (χ0n) is 12.5. The second-order valence-electron chi connectivity index (χ2n) is 6.64. The topological polar surface area (TPSA) is 74.5 Å². The van der Waals surface area contributed by atoms with E-state index in [1.807, 2.05) is 0 Å². The Morgan fingerprint density at radius 2 is 2.15 bits per heavy atom. The third-order valence-electron chi connectivity index (χ3n) is 4.28. The molecule has 0 aromatic carbocycles. The van der Waals surface area contributed by atoms with Crippen molar-refractivity contribution in [3.63, 3.8) is 0 Å². The molecule has 3 unspecified atom stereocenters. The lowest BCUT2D eigenvalue weighted by molar-refractivity contribution is 0.169. The number of thioether (sulfide) groups is 1. The van der Waals surface area contributed by atoms with Gasteiger partial charge in [-0.05, 0) is 30.6 Å². The first-order valence-electron chi connectivity index (χ1n) is 7.00. The number of aromatic nitrogens is 3. The van der Waals surface area contributed by atoms with E-state index >= 15 is 0 Å². The van der Waals surface area contributed by atoms with Gasteiger partial charge in [0.1, 0.15) is 0 Å². The van der Waals surface area contributed by atoms with Gasteiger partial charge in [0.25, 0.3) is 0 Å². The van der Waals surface area contributed by atoms with E-state index in [2.05, 4.69) is 37.0 Å². The molecule has 20 heavy (non-hydrogen) atoms. The van der Waals surface area contributed by atoms with Gasteiger partial charge in [0.05, 0.1) is 12.0 Å². The summed E-state index contributed by atoms with van der Waals surface area (Å²) >= 11 is 1.56. The summed E-state index contributed by atoms with van der Waals surface area (Å²) in [5, 5.41) is 16.7. The first-order chi connectivity index (χ1) is 9.32. The Balaban J connectivity index is 2.16. The number of nitriles is 1. The number of H-pyrrole nitrogens is 1. The van der Waals surface area contributed by atoms with Crippen LogP contribution < -0.4 is 5.69 Å². The molecule has 1 heterocycles. The first kappa shape index (κ1) is 15.2. The van der Waals surface area contributed by atoms with Gasteiger partial charge in [-0.3, -0.25) is 4.57 Å². The van der Waals surface area contributed by atoms with Crippen LogP contribution in [-0.2, 0) is 7.05 Å². The number of nitrogens with one attached hydrogen (secondary N) is 1. The fourth-order valence-electron chi connectivity index (χ4n) is 2.77. The van der Waals surface area contributed by atoms with E-state index in [0.29, 0.717) is 11.1 Å². The number of rotatable bonds is 2. The Morgan fingerprint density at radius 3 is 2.65 bits per heavy atom. The summed E-state index contributed by atoms with van der Waals surface area (Å²) in [6, 6.07) is 2.43. The molecule has 0 aliphatic heterocycles. The maximum absolute atomic E-state index is 11.4. The Labute approximate surface area is 123 Å². The van der Waals surface area contributed by atoms with Crippen LogP contribution in [-0.4, -0.2) is 20.0 Å². The van der Waals surface area contributed by atoms with Crippen LogP contribution in [0.15, 0.2) is 9.95 Å². The minimum atomic E-state index is -0.204. The summed E-state index contributed by atoms with van der Waals surface area (Å²) in [5.41, 5.74) is 0.0562. The molecule has 0 amide bonds. The zero-order chi connectivity index (χ0) is 14.9. The van der Waals surface area contributed by atoms with Gasteiger partial charge >= 0.3 is 5.69 Å². The normalized spacial score (nSPS) is 27.2. The average molecular weight is 294 g/mol. The van der Waals surface area contributed by atoms with E-state index in [1.54, 1.807) is 18.8 Å². The lowest BCUT2D eigenvalue weighted by Crippen LogP contribution is -2.33. The number of hydrogen-bond acceptors (Lipinski definition) is 4. The fraction of sp³-hybridized carbons (Fsp3) is 0.786. The van der Waals surface area contributed by atoms with Crippen LogP contribution >= 0.6 is 11.8 Å². The van der Waals surface area contributed by atoms with Crippen molar-refractivity contribution in [2.45, 2.75) is 50.4 Å². The molecule has 1 fully saturated rings. The Hall–Kier alpha value is -1.22. The average Bonchev–Trinajstić information content (AvgIpc) is 2.69. The lowest BCUT2D eigenvalue weighted by Gasteiger charge is -2.39. The zero-order valence-corrected chi connectivity index (χ0v) is 13.3. The monoisotopic (exact) mass is 294 g/mol. The third-order valence-corrected chi connectivity index (χ3v) is 5.68. The second-order valence-corrected chi connectivity index (χ2v) is 7.84. The van der Waals surface area contributed by atoms with Crippen LogP contribution in [0.5, 0.6) is 0 Å². The molecule has 1 aromatic rings. The molecule has 1 aliphatic carbocycles. The summed E-state index contributed by atoms with van der Waals surface area (Å²) in [6.07, 6.45) is 3.06. The molecular weight excluding hydrogens is 272 g/mol. The van der Waals surface area contributed by atoms with Crippen molar-refractivity contribution in [1.82, 2.24) is 14.8 Å². The van der Waals surface area contributed by atoms with Gasteiger partial charge in [0.2, 0.25) is 0 Å². The van der Waals surface area contributed by atoms with Crippen molar-refractivity contribution in [2.75, 3.05) is 0 Å². The molecule has 1 aromatic heterocycles. The van der Waals surface area contributed by atoms with Crippen molar-refractivity contribution in [3.8, 4) is 6.07 Å². The van der Waals surface area contributed by atoms with Crippen LogP contribution in [0.4, 0.5) is 0 Å². The minimum Gasteiger partial charge on any atom is -0.273 e. The molecule has 1 saturated carbocycles. The van der Waals surface area contributed by atoms with Gasteiger partial charge in [-0.2, -0.15) is 5.26 Å². The van der Waals surface area contributed by atoms with Crippen molar-refractivity contribution in [1.29, 1.82) is 5.26 Å². The minimum absolute atomic E-state index is 0.0467. The van der Waals surface area contributed by atoms with E-state index in [4.69, 9.17) is 0 Å². The quantitative estimate of drug-likeness (QED) is 0.909. The van der Waals surface area contributed by atoms with Crippen molar-refractivity contribution < 1.29 is 0 Å². The summed E-state index contributed by atoms with van der Waals surface area (Å²) in [6.45, 7) is 6.78. The highest BCUT2D eigenvalue weighted by atomic mass is 32.2. The summed E-state index contributed by atoms with van der Waals surface area (Å²) in [7, 11) is 1.71. The number of nitrogens with zero attached hydrogens (tertiary/aromatic N) is 3. The van der Waals surface area contributed by atoms with Gasteiger partial charge in [0.15, 0.2) is 5.16 Å². The van der Waals surface area contributed by atoms with E-state index in [-0.39, 0.29) is 22.3 Å². The van der Waals surface area contributed by atoms with Gasteiger partial charge < -0.3 is 0 Å². The standard InChI is InChI=1S/C14H22N4OS/c1-14(2,3)10-6-5-9(8-15)11(7-10)20-13-17-16-12(19)18(13)4/h9-11H,5-7H2,1-4H3,(H,16,19). The molecule has 2 rings (SSSR count). The summed E-state index contributed by atoms with van der Waals surface area (Å²) < 4.78 is 1.51. The summed E-state index contributed by atoms with van der Waals surface area (Å²) in [5.74, 6) is 0.658. The molecule has 0 radical (unpaired) electrons. The molecule has 0 bridgehead atoms. The van der Waals surface area contributed by atoms with Gasteiger partial charge in [-0.1, -0.05) is 32.5 Å². The molecule has 110 valence electrons. The Bertz CT molecular complexity index is 563. The van der Waals surface area contributed by atoms with Crippen molar-refractivity contribution >= 4 is 11.8 Å². The molecular formula is C14H22N4OS. The van der Waals surface area contributed by atoms with Crippen molar-refractivity contribution in [3.05, 3.63) is 10.5 Å². The van der Waals surface area contributed by atoms with E-state index < -0.39 is 0 Å². The Kier molecular flexibility index (Phi) is 4.28. The highest BCUT2D eigenvalue weighted by Crippen LogP contribution is 2.44. The highest BCUT2D eigenvalue weighted by Gasteiger charge is 2.37. The first-order valence-corrected chi connectivity index (χ1v) is 7.88. The van der Waals surface area contributed by atoms with Gasteiger partial charge in [-0.15, -0.1) is 5.10 Å². The molecule has 1 N–H and O–H groups in total. The molecule has 0 saturated heterocycles. The predicted molar refractivity (Wildman–Crippen MR) is 79.4 cm³/mol. The van der Waals surface area contributed by atoms with E-state index in [0.717, 1.165) is 19.3 Å². The van der Waals surface area contributed by atoms with Crippen molar-refractivity contribution in [2.24, 2.45) is 24.3 Å². The molecule has 6 heteroatoms. The van der Waals surface area contributed by atoms with Crippen LogP contribution in [0.2, 0.25) is 0 Å². The van der Waals surface area contributed by atoms with E-state index in [1.165, 1.54) is 4.57 Å². The summed E-state index contributed by atoms with van der Waals surface area (Å²) in [4.78, 5) is 11.4. The van der Waals surface area contributed by atoms with Gasteiger partial charge in [-0.25, -0.2) is 9.89 Å². The molecule has 0 spiro atoms. The lowest BCUT2D eigenvalue weighted by atomic mass is 9.70. The highest BCUT2D eigenvalue weighted by molar-refractivity contribution is 7.99. The maximum Gasteiger partial charge on any atom is 0.343 e. The SMILES string of the molecule is Cn1c(SC2CC(C(C)(C)C)CCC2C#N)n[nH]c1=O. The van der Waals surface area contributed by atoms with Crippen LogP contribution in [0.3, 0.4) is 0 Å². The smallest absolute Gasteiger partial charge is 0.273 e.